The van der Waals surface area contributed by atoms with Crippen molar-refractivity contribution < 1.29 is 9.53 Å². The van der Waals surface area contributed by atoms with E-state index in [1.54, 1.807) is 18.2 Å². The molecule has 0 radical (unpaired) electrons. The molecule has 3 aromatic rings. The first-order chi connectivity index (χ1) is 14.9. The number of benzene rings is 1. The highest BCUT2D eigenvalue weighted by Gasteiger charge is 2.20. The molecule has 1 amide bonds. The fourth-order valence-corrected chi connectivity index (χ4v) is 3.89. The van der Waals surface area contributed by atoms with Crippen molar-refractivity contribution in [2.45, 2.75) is 38.6 Å². The molecule has 0 aliphatic rings. The van der Waals surface area contributed by atoms with E-state index in [4.69, 9.17) is 16.3 Å². The SMILES string of the molecule is C=CCn1c(SCC(=O)Nc2ccc(Cl)cn2)nnc1C(C)Oc1cc(C)cc(C)c1. The van der Waals surface area contributed by atoms with Gasteiger partial charge in [0.25, 0.3) is 0 Å². The fourth-order valence-electron chi connectivity index (χ4n) is 3.02. The largest absolute Gasteiger partial charge is 0.483 e. The molecule has 1 unspecified atom stereocenters. The van der Waals surface area contributed by atoms with Crippen LogP contribution in [0.2, 0.25) is 5.02 Å². The minimum atomic E-state index is -0.324. The average Bonchev–Trinajstić information content (AvgIpc) is 3.10. The van der Waals surface area contributed by atoms with E-state index in [2.05, 4.69) is 33.1 Å². The van der Waals surface area contributed by atoms with E-state index in [0.717, 1.165) is 16.9 Å². The summed E-state index contributed by atoms with van der Waals surface area (Å²) in [4.78, 5) is 16.3. The predicted molar refractivity (Wildman–Crippen MR) is 124 cm³/mol. The molecule has 0 aliphatic carbocycles. The minimum absolute atomic E-state index is 0.159. The Morgan fingerprint density at radius 3 is 2.68 bits per heavy atom. The second-order valence-corrected chi connectivity index (χ2v) is 8.40. The molecule has 7 nitrogen and oxygen atoms in total. The van der Waals surface area contributed by atoms with Gasteiger partial charge in [-0.15, -0.1) is 16.8 Å². The van der Waals surface area contributed by atoms with Crippen LogP contribution in [0.3, 0.4) is 0 Å². The average molecular weight is 458 g/mol. The summed E-state index contributed by atoms with van der Waals surface area (Å²) in [5.74, 6) is 1.85. The van der Waals surface area contributed by atoms with Crippen LogP contribution in [0, 0.1) is 13.8 Å². The van der Waals surface area contributed by atoms with Gasteiger partial charge in [0.05, 0.1) is 10.8 Å². The zero-order chi connectivity index (χ0) is 22.4. The zero-order valence-corrected chi connectivity index (χ0v) is 19.2. The van der Waals surface area contributed by atoms with Gasteiger partial charge in [-0.3, -0.25) is 9.36 Å². The number of hydrogen-bond acceptors (Lipinski definition) is 6. The number of thioether (sulfide) groups is 1. The van der Waals surface area contributed by atoms with Crippen molar-refractivity contribution in [1.29, 1.82) is 0 Å². The second kappa shape index (κ2) is 10.5. The first-order valence-electron chi connectivity index (χ1n) is 9.69. The third-order valence-corrected chi connectivity index (χ3v) is 5.45. The highest BCUT2D eigenvalue weighted by atomic mass is 35.5. The number of ether oxygens (including phenoxy) is 1. The quantitative estimate of drug-likeness (QED) is 0.359. The van der Waals surface area contributed by atoms with Crippen molar-refractivity contribution in [3.05, 3.63) is 71.2 Å². The number of aromatic nitrogens is 4. The molecule has 2 aromatic heterocycles. The van der Waals surface area contributed by atoms with Crippen molar-refractivity contribution in [3.63, 3.8) is 0 Å². The summed E-state index contributed by atoms with van der Waals surface area (Å²) < 4.78 is 8.01. The van der Waals surface area contributed by atoms with E-state index in [0.29, 0.717) is 28.4 Å². The lowest BCUT2D eigenvalue weighted by molar-refractivity contribution is -0.113. The van der Waals surface area contributed by atoms with E-state index < -0.39 is 0 Å². The number of anilines is 1. The Bertz CT molecular complexity index is 1050. The molecule has 3 rings (SSSR count). The molecule has 2 heterocycles. The van der Waals surface area contributed by atoms with Gasteiger partial charge in [0, 0.05) is 12.7 Å². The van der Waals surface area contributed by atoms with E-state index >= 15 is 0 Å². The van der Waals surface area contributed by atoms with Gasteiger partial charge < -0.3 is 10.1 Å². The lowest BCUT2D eigenvalue weighted by atomic mass is 10.1. The van der Waals surface area contributed by atoms with Gasteiger partial charge >= 0.3 is 0 Å². The van der Waals surface area contributed by atoms with Crippen LogP contribution in [0.5, 0.6) is 5.75 Å². The molecule has 0 saturated carbocycles. The van der Waals surface area contributed by atoms with E-state index in [-0.39, 0.29) is 17.8 Å². The first kappa shape index (κ1) is 22.8. The predicted octanol–water partition coefficient (Wildman–Crippen LogP) is 5.00. The summed E-state index contributed by atoms with van der Waals surface area (Å²) >= 11 is 7.10. The Balaban J connectivity index is 1.68. The van der Waals surface area contributed by atoms with Crippen molar-refractivity contribution in [2.24, 2.45) is 0 Å². The molecule has 0 saturated heterocycles. The Labute approximate surface area is 190 Å². The maximum atomic E-state index is 12.3. The lowest BCUT2D eigenvalue weighted by Gasteiger charge is -2.16. The summed E-state index contributed by atoms with van der Waals surface area (Å²) in [5.41, 5.74) is 2.26. The number of nitrogens with zero attached hydrogens (tertiary/aromatic N) is 4. The fraction of sp³-hybridized carbons (Fsp3) is 0.273. The summed E-state index contributed by atoms with van der Waals surface area (Å²) in [5, 5.41) is 12.4. The van der Waals surface area contributed by atoms with Crippen LogP contribution in [0.15, 0.2) is 54.3 Å². The molecular weight excluding hydrogens is 434 g/mol. The number of nitrogens with one attached hydrogen (secondary N) is 1. The smallest absolute Gasteiger partial charge is 0.236 e. The third-order valence-electron chi connectivity index (χ3n) is 4.26. The van der Waals surface area contributed by atoms with Gasteiger partial charge in [-0.25, -0.2) is 4.98 Å². The maximum Gasteiger partial charge on any atom is 0.236 e. The molecule has 0 fully saturated rings. The molecule has 1 aromatic carbocycles. The summed E-state index contributed by atoms with van der Waals surface area (Å²) in [7, 11) is 0. The Morgan fingerprint density at radius 1 is 1.29 bits per heavy atom. The molecule has 9 heteroatoms. The minimum Gasteiger partial charge on any atom is -0.483 e. The normalized spacial score (nSPS) is 11.7. The molecule has 1 atom stereocenters. The number of carbonyl (C=O) groups excluding carboxylic acids is 1. The number of pyridine rings is 1. The molecule has 0 spiro atoms. The van der Waals surface area contributed by atoms with Gasteiger partial charge in [0.2, 0.25) is 5.91 Å². The second-order valence-electron chi connectivity index (χ2n) is 7.02. The van der Waals surface area contributed by atoms with Crippen molar-refractivity contribution >= 4 is 35.1 Å². The topological polar surface area (TPSA) is 81.9 Å². The Morgan fingerprint density at radius 2 is 2.03 bits per heavy atom. The van der Waals surface area contributed by atoms with E-state index in [1.807, 2.05) is 37.5 Å². The summed E-state index contributed by atoms with van der Waals surface area (Å²) in [6.07, 6.45) is 2.92. The van der Waals surface area contributed by atoms with Crippen molar-refractivity contribution in [2.75, 3.05) is 11.1 Å². The highest BCUT2D eigenvalue weighted by molar-refractivity contribution is 7.99. The first-order valence-corrected chi connectivity index (χ1v) is 11.0. The number of halogens is 1. The molecule has 31 heavy (non-hydrogen) atoms. The molecular formula is C22H24ClN5O2S. The summed E-state index contributed by atoms with van der Waals surface area (Å²) in [6, 6.07) is 9.39. The van der Waals surface area contributed by atoms with Gasteiger partial charge in [0.15, 0.2) is 17.1 Å². The highest BCUT2D eigenvalue weighted by Crippen LogP contribution is 2.26. The van der Waals surface area contributed by atoms with Crippen molar-refractivity contribution in [3.8, 4) is 5.75 Å². The maximum absolute atomic E-state index is 12.3. The molecule has 0 aliphatic heterocycles. The molecule has 1 N–H and O–H groups in total. The van der Waals surface area contributed by atoms with Crippen LogP contribution in [-0.2, 0) is 11.3 Å². The zero-order valence-electron chi connectivity index (χ0n) is 17.6. The van der Waals surface area contributed by atoms with Gasteiger partial charge in [0.1, 0.15) is 11.6 Å². The van der Waals surface area contributed by atoms with Gasteiger partial charge in [-0.1, -0.05) is 35.5 Å². The van der Waals surface area contributed by atoms with Crippen LogP contribution in [-0.4, -0.2) is 31.4 Å². The Hall–Kier alpha value is -2.84. The van der Waals surface area contributed by atoms with Gasteiger partial charge in [-0.2, -0.15) is 0 Å². The standard InChI is InChI=1S/C22H24ClN5O2S/c1-5-8-28-21(16(4)30-18-10-14(2)9-15(3)11-18)26-27-22(28)31-13-20(29)25-19-7-6-17(23)12-24-19/h5-7,9-12,16H,1,8,13H2,2-4H3,(H,24,25,29). The Kier molecular flexibility index (Phi) is 7.70. The number of hydrogen-bond donors (Lipinski definition) is 1. The van der Waals surface area contributed by atoms with E-state index in [9.17, 15) is 4.79 Å². The van der Waals surface area contributed by atoms with Crippen LogP contribution >= 0.6 is 23.4 Å². The van der Waals surface area contributed by atoms with Crippen LogP contribution < -0.4 is 10.1 Å². The number of rotatable bonds is 9. The van der Waals surface area contributed by atoms with Gasteiger partial charge in [-0.05, 0) is 56.2 Å². The van der Waals surface area contributed by atoms with Crippen molar-refractivity contribution in [1.82, 2.24) is 19.7 Å². The number of carbonyl (C=O) groups is 1. The third kappa shape index (κ3) is 6.32. The number of allylic oxidation sites excluding steroid dienone is 1. The molecule has 162 valence electrons. The van der Waals surface area contributed by atoms with E-state index in [1.165, 1.54) is 18.0 Å². The monoisotopic (exact) mass is 457 g/mol. The van der Waals surface area contributed by atoms with Crippen LogP contribution in [0.4, 0.5) is 5.82 Å². The lowest BCUT2D eigenvalue weighted by Crippen LogP contribution is -2.16. The van der Waals surface area contributed by atoms with Crippen LogP contribution in [0.1, 0.15) is 30.0 Å². The summed E-state index contributed by atoms with van der Waals surface area (Å²) in [6.45, 7) is 10.3. The van der Waals surface area contributed by atoms with Crippen LogP contribution in [0.25, 0.3) is 0 Å². The molecule has 0 bridgehead atoms. The number of amides is 1. The number of aryl methyl sites for hydroxylation is 2.